The molecular formula is C26H25N3O4. The van der Waals surface area contributed by atoms with Crippen molar-refractivity contribution in [2.24, 2.45) is 0 Å². The van der Waals surface area contributed by atoms with Crippen LogP contribution in [0.4, 0.5) is 4.79 Å². The third-order valence-electron chi connectivity index (χ3n) is 5.12. The zero-order chi connectivity index (χ0) is 22.9. The molecule has 0 saturated heterocycles. The molecule has 0 saturated carbocycles. The van der Waals surface area contributed by atoms with Crippen molar-refractivity contribution in [3.63, 3.8) is 0 Å². The summed E-state index contributed by atoms with van der Waals surface area (Å²) in [6.45, 7) is 0.240. The molecule has 7 heteroatoms. The molecule has 0 aliphatic carbocycles. The monoisotopic (exact) mass is 443 g/mol. The van der Waals surface area contributed by atoms with Gasteiger partial charge in [0.15, 0.2) is 0 Å². The number of aromatic nitrogens is 2. The first kappa shape index (κ1) is 22.1. The molecule has 1 heterocycles. The molecule has 33 heavy (non-hydrogen) atoms. The summed E-state index contributed by atoms with van der Waals surface area (Å²) in [6, 6.07) is 25.6. The van der Waals surface area contributed by atoms with Gasteiger partial charge in [-0.25, -0.2) is 14.6 Å². The number of aryl methyl sites for hydroxylation is 1. The van der Waals surface area contributed by atoms with E-state index in [1.54, 1.807) is 0 Å². The lowest BCUT2D eigenvalue weighted by Crippen LogP contribution is -2.42. The van der Waals surface area contributed by atoms with Crippen molar-refractivity contribution in [2.75, 3.05) is 0 Å². The van der Waals surface area contributed by atoms with Crippen LogP contribution < -0.4 is 5.32 Å². The van der Waals surface area contributed by atoms with Gasteiger partial charge in [0, 0.05) is 6.42 Å². The highest BCUT2D eigenvalue weighted by Gasteiger charge is 2.24. The predicted molar refractivity (Wildman–Crippen MR) is 124 cm³/mol. The largest absolute Gasteiger partial charge is 0.459 e. The van der Waals surface area contributed by atoms with Gasteiger partial charge in [-0.05, 0) is 29.7 Å². The molecule has 7 nitrogen and oxygen atoms in total. The van der Waals surface area contributed by atoms with E-state index in [-0.39, 0.29) is 13.2 Å². The number of carbonyl (C=O) groups is 2. The van der Waals surface area contributed by atoms with Gasteiger partial charge in [0.25, 0.3) is 0 Å². The molecular weight excluding hydrogens is 418 g/mol. The van der Waals surface area contributed by atoms with Gasteiger partial charge < -0.3 is 19.8 Å². The van der Waals surface area contributed by atoms with Crippen LogP contribution in [0.5, 0.6) is 0 Å². The maximum absolute atomic E-state index is 12.8. The van der Waals surface area contributed by atoms with Crippen molar-refractivity contribution in [3.05, 3.63) is 102 Å². The van der Waals surface area contributed by atoms with Crippen LogP contribution in [0.2, 0.25) is 0 Å². The lowest BCUT2D eigenvalue weighted by Gasteiger charge is -2.17. The van der Waals surface area contributed by atoms with Gasteiger partial charge in [-0.2, -0.15) is 0 Å². The highest BCUT2D eigenvalue weighted by atomic mass is 16.6. The number of hydrogen-bond donors (Lipinski definition) is 2. The number of nitrogens with zero attached hydrogens (tertiary/aromatic N) is 1. The molecule has 168 valence electrons. The standard InChI is InChI=1S/C26H25N3O4/c30-25(32-17-19-9-3-1-4-10-19)23(29-26(31)33-18-20-11-5-2-6-12-20)15-16-24-27-21-13-7-8-14-22(21)28-24/h1-14,23H,15-18H2,(H,27,28)(H,29,31)/t23-/m0/s1. The van der Waals surface area contributed by atoms with Crippen molar-refractivity contribution in [1.82, 2.24) is 15.3 Å². The van der Waals surface area contributed by atoms with Crippen LogP contribution in [0, 0.1) is 0 Å². The summed E-state index contributed by atoms with van der Waals surface area (Å²) >= 11 is 0. The van der Waals surface area contributed by atoms with Crippen LogP contribution in [0.3, 0.4) is 0 Å². The number of alkyl carbamates (subject to hydrolysis) is 1. The maximum Gasteiger partial charge on any atom is 0.408 e. The Bertz CT molecular complexity index is 1160. The SMILES string of the molecule is O=C(N[C@@H](CCc1nc2ccccc2[nH]1)C(=O)OCc1ccccc1)OCc1ccccc1. The van der Waals surface area contributed by atoms with E-state index in [9.17, 15) is 9.59 Å². The number of aromatic amines is 1. The first-order valence-corrected chi connectivity index (χ1v) is 10.8. The van der Waals surface area contributed by atoms with Gasteiger partial charge in [0.05, 0.1) is 11.0 Å². The molecule has 0 aliphatic heterocycles. The van der Waals surface area contributed by atoms with E-state index in [4.69, 9.17) is 9.47 Å². The van der Waals surface area contributed by atoms with E-state index in [0.717, 1.165) is 28.0 Å². The van der Waals surface area contributed by atoms with E-state index in [0.29, 0.717) is 12.8 Å². The normalized spacial score (nSPS) is 11.6. The fourth-order valence-corrected chi connectivity index (χ4v) is 3.39. The van der Waals surface area contributed by atoms with E-state index in [2.05, 4.69) is 15.3 Å². The van der Waals surface area contributed by atoms with Gasteiger partial charge >= 0.3 is 12.1 Å². The number of H-pyrrole nitrogens is 1. The molecule has 0 aliphatic rings. The molecule has 1 aromatic heterocycles. The van der Waals surface area contributed by atoms with E-state index in [1.807, 2.05) is 84.9 Å². The molecule has 0 spiro atoms. The quantitative estimate of drug-likeness (QED) is 0.371. The summed E-state index contributed by atoms with van der Waals surface area (Å²) in [5.41, 5.74) is 3.50. The van der Waals surface area contributed by atoms with Gasteiger partial charge in [-0.1, -0.05) is 72.8 Å². The average molecular weight is 444 g/mol. The first-order valence-electron chi connectivity index (χ1n) is 10.8. The topological polar surface area (TPSA) is 93.3 Å². The van der Waals surface area contributed by atoms with Crippen LogP contribution in [0.25, 0.3) is 11.0 Å². The Hall–Kier alpha value is -4.13. The van der Waals surface area contributed by atoms with Gasteiger partial charge in [-0.15, -0.1) is 0 Å². The number of hydrogen-bond acceptors (Lipinski definition) is 5. The van der Waals surface area contributed by atoms with Crippen molar-refractivity contribution in [3.8, 4) is 0 Å². The zero-order valence-corrected chi connectivity index (χ0v) is 18.1. The minimum absolute atomic E-state index is 0.113. The molecule has 4 aromatic rings. The summed E-state index contributed by atoms with van der Waals surface area (Å²) in [4.78, 5) is 33.0. The molecule has 0 bridgehead atoms. The summed E-state index contributed by atoms with van der Waals surface area (Å²) in [6.07, 6.45) is 0.0947. The number of amides is 1. The Kier molecular flexibility index (Phi) is 7.33. The molecule has 1 atom stereocenters. The minimum Gasteiger partial charge on any atom is -0.459 e. The van der Waals surface area contributed by atoms with Gasteiger partial charge in [0.1, 0.15) is 25.1 Å². The summed E-state index contributed by atoms with van der Waals surface area (Å²) in [5, 5.41) is 2.65. The third kappa shape index (κ3) is 6.43. The van der Waals surface area contributed by atoms with Crippen LogP contribution in [0.15, 0.2) is 84.9 Å². The number of benzene rings is 3. The Morgan fingerprint density at radius 3 is 2.09 bits per heavy atom. The van der Waals surface area contributed by atoms with Crippen LogP contribution in [-0.2, 0) is 33.9 Å². The second kappa shape index (κ2) is 10.9. The van der Waals surface area contributed by atoms with Crippen LogP contribution >= 0.6 is 0 Å². The number of fused-ring (bicyclic) bond motifs is 1. The lowest BCUT2D eigenvalue weighted by molar-refractivity contribution is -0.147. The fourth-order valence-electron chi connectivity index (χ4n) is 3.39. The molecule has 3 aromatic carbocycles. The Balaban J connectivity index is 1.38. The Labute approximate surface area is 191 Å². The minimum atomic E-state index is -0.870. The number of imidazole rings is 1. The lowest BCUT2D eigenvalue weighted by atomic mass is 10.1. The molecule has 0 unspecified atom stereocenters. The summed E-state index contributed by atoms with van der Waals surface area (Å²) in [7, 11) is 0. The maximum atomic E-state index is 12.8. The Morgan fingerprint density at radius 2 is 1.42 bits per heavy atom. The van der Waals surface area contributed by atoms with Crippen molar-refractivity contribution in [1.29, 1.82) is 0 Å². The number of carbonyl (C=O) groups excluding carboxylic acids is 2. The molecule has 0 radical (unpaired) electrons. The molecule has 2 N–H and O–H groups in total. The van der Waals surface area contributed by atoms with E-state index in [1.165, 1.54) is 0 Å². The third-order valence-corrected chi connectivity index (χ3v) is 5.12. The molecule has 0 fully saturated rings. The number of esters is 1. The summed E-state index contributed by atoms with van der Waals surface area (Å²) in [5.74, 6) is 0.211. The molecule has 1 amide bonds. The number of ether oxygens (including phenoxy) is 2. The van der Waals surface area contributed by atoms with E-state index < -0.39 is 18.1 Å². The zero-order valence-electron chi connectivity index (χ0n) is 18.1. The van der Waals surface area contributed by atoms with Crippen molar-refractivity contribution in [2.45, 2.75) is 32.1 Å². The number of rotatable bonds is 9. The van der Waals surface area contributed by atoms with E-state index >= 15 is 0 Å². The number of para-hydroxylation sites is 2. The van der Waals surface area contributed by atoms with Gasteiger partial charge in [-0.3, -0.25) is 0 Å². The smallest absolute Gasteiger partial charge is 0.408 e. The second-order valence-electron chi connectivity index (χ2n) is 7.59. The molecule has 4 rings (SSSR count). The predicted octanol–water partition coefficient (Wildman–Crippen LogP) is 4.53. The fraction of sp³-hybridized carbons (Fsp3) is 0.192. The van der Waals surface area contributed by atoms with Crippen molar-refractivity contribution < 1.29 is 19.1 Å². The second-order valence-corrected chi connectivity index (χ2v) is 7.59. The highest BCUT2D eigenvalue weighted by Crippen LogP contribution is 2.13. The summed E-state index contributed by atoms with van der Waals surface area (Å²) < 4.78 is 10.8. The first-order chi connectivity index (χ1) is 16.2. The van der Waals surface area contributed by atoms with Crippen LogP contribution in [-0.4, -0.2) is 28.1 Å². The van der Waals surface area contributed by atoms with Crippen LogP contribution in [0.1, 0.15) is 23.4 Å². The highest BCUT2D eigenvalue weighted by molar-refractivity contribution is 5.81. The van der Waals surface area contributed by atoms with Gasteiger partial charge in [0.2, 0.25) is 0 Å². The van der Waals surface area contributed by atoms with Crippen molar-refractivity contribution >= 4 is 23.1 Å². The number of nitrogens with one attached hydrogen (secondary N) is 2. The Morgan fingerprint density at radius 1 is 0.818 bits per heavy atom. The average Bonchev–Trinajstić information content (AvgIpc) is 3.28.